The van der Waals surface area contributed by atoms with Gasteiger partial charge in [0.1, 0.15) is 0 Å². The third kappa shape index (κ3) is 3.54. The highest BCUT2D eigenvalue weighted by Gasteiger charge is 2.23. The molecule has 1 saturated heterocycles. The Balaban J connectivity index is 1.72. The van der Waals surface area contributed by atoms with Crippen molar-refractivity contribution < 1.29 is 9.53 Å². The Hall–Kier alpha value is -1.39. The average molecular weight is 234 g/mol. The van der Waals surface area contributed by atoms with Crippen LogP contribution in [0.5, 0.6) is 0 Å². The van der Waals surface area contributed by atoms with Crippen molar-refractivity contribution >= 4 is 5.91 Å². The second-order valence-corrected chi connectivity index (χ2v) is 4.37. The third-order valence-corrected chi connectivity index (χ3v) is 2.91. The molecule has 1 aromatic rings. The van der Waals surface area contributed by atoms with Crippen LogP contribution < -0.4 is 11.1 Å². The molecule has 0 radical (unpaired) electrons. The van der Waals surface area contributed by atoms with Gasteiger partial charge in [-0.1, -0.05) is 30.3 Å². The van der Waals surface area contributed by atoms with Crippen LogP contribution in [0.4, 0.5) is 0 Å². The lowest BCUT2D eigenvalue weighted by Crippen LogP contribution is -2.53. The highest BCUT2D eigenvalue weighted by molar-refractivity contribution is 5.81. The summed E-state index contributed by atoms with van der Waals surface area (Å²) >= 11 is 0. The second-order valence-electron chi connectivity index (χ2n) is 4.37. The van der Waals surface area contributed by atoms with Gasteiger partial charge in [0, 0.05) is 0 Å². The molecule has 1 aliphatic rings. The minimum absolute atomic E-state index is 0.0748. The number of hydrogen-bond acceptors (Lipinski definition) is 3. The van der Waals surface area contributed by atoms with Gasteiger partial charge in [0.25, 0.3) is 0 Å². The van der Waals surface area contributed by atoms with E-state index in [2.05, 4.69) is 5.32 Å². The van der Waals surface area contributed by atoms with E-state index < -0.39 is 6.04 Å². The normalized spacial score (nSPS) is 17.2. The van der Waals surface area contributed by atoms with Crippen LogP contribution in [0, 0.1) is 0 Å². The molecule has 3 N–H and O–H groups in total. The lowest BCUT2D eigenvalue weighted by Gasteiger charge is -2.28. The van der Waals surface area contributed by atoms with Crippen molar-refractivity contribution in [1.82, 2.24) is 5.32 Å². The minimum atomic E-state index is -0.434. The van der Waals surface area contributed by atoms with Gasteiger partial charge in [-0.25, -0.2) is 0 Å². The SMILES string of the molecule is N[C@@H](CCc1ccccc1)C(=O)NC1COC1. The molecule has 1 fully saturated rings. The zero-order valence-electron chi connectivity index (χ0n) is 9.76. The van der Waals surface area contributed by atoms with Crippen LogP contribution in [0.2, 0.25) is 0 Å². The number of hydrogen-bond donors (Lipinski definition) is 2. The van der Waals surface area contributed by atoms with Gasteiger partial charge in [-0.3, -0.25) is 4.79 Å². The fourth-order valence-corrected chi connectivity index (χ4v) is 1.73. The number of carbonyl (C=O) groups is 1. The summed E-state index contributed by atoms with van der Waals surface area (Å²) in [5.41, 5.74) is 7.05. The molecule has 0 aliphatic carbocycles. The van der Waals surface area contributed by atoms with Gasteiger partial charge in [0.2, 0.25) is 5.91 Å². The predicted octanol–water partition coefficient (Wildman–Crippen LogP) is 0.461. The third-order valence-electron chi connectivity index (χ3n) is 2.91. The van der Waals surface area contributed by atoms with Crippen LogP contribution in [-0.4, -0.2) is 31.2 Å². The quantitative estimate of drug-likeness (QED) is 0.778. The summed E-state index contributed by atoms with van der Waals surface area (Å²) in [5.74, 6) is -0.0748. The molecule has 0 spiro atoms. The number of rotatable bonds is 5. The standard InChI is InChI=1S/C13H18N2O2/c14-12(13(16)15-11-8-17-9-11)7-6-10-4-2-1-3-5-10/h1-5,11-12H,6-9,14H2,(H,15,16)/t12-/m0/s1. The molecule has 4 nitrogen and oxygen atoms in total. The van der Waals surface area contributed by atoms with Crippen molar-refractivity contribution in [1.29, 1.82) is 0 Å². The van der Waals surface area contributed by atoms with E-state index in [9.17, 15) is 4.79 Å². The molecule has 0 unspecified atom stereocenters. The maximum atomic E-state index is 11.7. The zero-order valence-corrected chi connectivity index (χ0v) is 9.76. The first kappa shape index (κ1) is 12.1. The van der Waals surface area contributed by atoms with Crippen LogP contribution in [0.1, 0.15) is 12.0 Å². The summed E-state index contributed by atoms with van der Waals surface area (Å²) in [7, 11) is 0. The van der Waals surface area contributed by atoms with E-state index in [0.717, 1.165) is 6.42 Å². The number of benzene rings is 1. The average Bonchev–Trinajstić information content (AvgIpc) is 2.32. The van der Waals surface area contributed by atoms with Crippen molar-refractivity contribution in [3.8, 4) is 0 Å². The van der Waals surface area contributed by atoms with E-state index in [1.165, 1.54) is 5.56 Å². The number of amides is 1. The molecular formula is C13H18N2O2. The first-order chi connectivity index (χ1) is 8.25. The van der Waals surface area contributed by atoms with Crippen LogP contribution >= 0.6 is 0 Å². The topological polar surface area (TPSA) is 64.4 Å². The molecule has 2 rings (SSSR count). The highest BCUT2D eigenvalue weighted by atomic mass is 16.5. The summed E-state index contributed by atoms with van der Waals surface area (Å²) in [5, 5.41) is 2.86. The molecule has 1 aliphatic heterocycles. The lowest BCUT2D eigenvalue weighted by molar-refractivity contribution is -0.126. The van der Waals surface area contributed by atoms with Crippen LogP contribution in [0.3, 0.4) is 0 Å². The van der Waals surface area contributed by atoms with E-state index in [1.54, 1.807) is 0 Å². The van der Waals surface area contributed by atoms with Crippen molar-refractivity contribution in [3.63, 3.8) is 0 Å². The van der Waals surface area contributed by atoms with Crippen molar-refractivity contribution in [2.45, 2.75) is 24.9 Å². The van der Waals surface area contributed by atoms with E-state index >= 15 is 0 Å². The Morgan fingerprint density at radius 3 is 2.71 bits per heavy atom. The first-order valence-corrected chi connectivity index (χ1v) is 5.93. The molecular weight excluding hydrogens is 216 g/mol. The molecule has 0 aromatic heterocycles. The van der Waals surface area contributed by atoms with Gasteiger partial charge in [-0.05, 0) is 18.4 Å². The largest absolute Gasteiger partial charge is 0.377 e. The molecule has 1 heterocycles. The molecule has 17 heavy (non-hydrogen) atoms. The summed E-state index contributed by atoms with van der Waals surface area (Å²) in [6, 6.07) is 9.78. The highest BCUT2D eigenvalue weighted by Crippen LogP contribution is 2.05. The first-order valence-electron chi connectivity index (χ1n) is 5.93. The van der Waals surface area contributed by atoms with Crippen LogP contribution in [-0.2, 0) is 16.0 Å². The van der Waals surface area contributed by atoms with Crippen LogP contribution in [0.15, 0.2) is 30.3 Å². The van der Waals surface area contributed by atoms with Gasteiger partial charge in [-0.2, -0.15) is 0 Å². The Bertz CT molecular complexity index is 363. The summed E-state index contributed by atoms with van der Waals surface area (Å²) < 4.78 is 4.99. The summed E-state index contributed by atoms with van der Waals surface area (Å²) in [4.78, 5) is 11.7. The van der Waals surface area contributed by atoms with Gasteiger partial charge in [0.15, 0.2) is 0 Å². The molecule has 4 heteroatoms. The van der Waals surface area contributed by atoms with Gasteiger partial charge in [0.05, 0.1) is 25.3 Å². The van der Waals surface area contributed by atoms with Gasteiger partial charge in [-0.15, -0.1) is 0 Å². The lowest BCUT2D eigenvalue weighted by atomic mass is 10.0. The molecule has 1 atom stereocenters. The van der Waals surface area contributed by atoms with E-state index in [0.29, 0.717) is 19.6 Å². The number of ether oxygens (including phenoxy) is 1. The number of aryl methyl sites for hydroxylation is 1. The van der Waals surface area contributed by atoms with Crippen molar-refractivity contribution in [3.05, 3.63) is 35.9 Å². The van der Waals surface area contributed by atoms with Gasteiger partial charge >= 0.3 is 0 Å². The second kappa shape index (κ2) is 5.80. The summed E-state index contributed by atoms with van der Waals surface area (Å²) in [6.07, 6.45) is 1.50. The number of nitrogens with one attached hydrogen (secondary N) is 1. The van der Waals surface area contributed by atoms with E-state index in [4.69, 9.17) is 10.5 Å². The van der Waals surface area contributed by atoms with E-state index in [1.807, 2.05) is 30.3 Å². The van der Waals surface area contributed by atoms with Crippen molar-refractivity contribution in [2.75, 3.05) is 13.2 Å². The number of carbonyl (C=O) groups excluding carboxylic acids is 1. The molecule has 0 bridgehead atoms. The van der Waals surface area contributed by atoms with Crippen molar-refractivity contribution in [2.24, 2.45) is 5.73 Å². The van der Waals surface area contributed by atoms with Gasteiger partial charge < -0.3 is 15.8 Å². The Kier molecular flexibility index (Phi) is 4.12. The van der Waals surface area contributed by atoms with Crippen LogP contribution in [0.25, 0.3) is 0 Å². The maximum absolute atomic E-state index is 11.7. The molecule has 1 amide bonds. The summed E-state index contributed by atoms with van der Waals surface area (Å²) in [6.45, 7) is 1.22. The molecule has 92 valence electrons. The Labute approximate surface area is 101 Å². The molecule has 1 aromatic carbocycles. The van der Waals surface area contributed by atoms with E-state index in [-0.39, 0.29) is 11.9 Å². The monoisotopic (exact) mass is 234 g/mol. The predicted molar refractivity (Wildman–Crippen MR) is 65.5 cm³/mol. The zero-order chi connectivity index (χ0) is 12.1. The minimum Gasteiger partial charge on any atom is -0.377 e. The number of nitrogens with two attached hydrogens (primary N) is 1. The smallest absolute Gasteiger partial charge is 0.237 e. The fourth-order valence-electron chi connectivity index (χ4n) is 1.73. The Morgan fingerprint density at radius 1 is 1.41 bits per heavy atom. The fraction of sp³-hybridized carbons (Fsp3) is 0.462. The Morgan fingerprint density at radius 2 is 2.12 bits per heavy atom. The maximum Gasteiger partial charge on any atom is 0.237 e. The molecule has 0 saturated carbocycles.